The third-order valence-electron chi connectivity index (χ3n) is 5.07. The number of benzene rings is 3. The molecule has 0 fully saturated rings. The van der Waals surface area contributed by atoms with E-state index >= 15 is 0 Å². The van der Waals surface area contributed by atoms with Crippen molar-refractivity contribution >= 4 is 22.4 Å². The summed E-state index contributed by atoms with van der Waals surface area (Å²) in [7, 11) is 0. The van der Waals surface area contributed by atoms with Gasteiger partial charge in [0.25, 0.3) is 5.91 Å². The van der Waals surface area contributed by atoms with E-state index in [2.05, 4.69) is 11.4 Å². The number of hydrogen-bond acceptors (Lipinski definition) is 2. The molecule has 0 radical (unpaired) electrons. The van der Waals surface area contributed by atoms with Crippen LogP contribution in [0.1, 0.15) is 30.9 Å². The molecule has 1 N–H and O–H groups in total. The van der Waals surface area contributed by atoms with Crippen LogP contribution in [-0.4, -0.2) is 12.0 Å². The molecule has 132 valence electrons. The van der Waals surface area contributed by atoms with Crippen LogP contribution < -0.4 is 10.1 Å². The quantitative estimate of drug-likeness (QED) is 0.712. The summed E-state index contributed by atoms with van der Waals surface area (Å²) in [5, 5.41) is 5.16. The average Bonchev–Trinajstić information content (AvgIpc) is 2.68. The molecular weight excluding hydrogens is 322 g/mol. The molecule has 0 spiro atoms. The predicted molar refractivity (Wildman–Crippen MR) is 106 cm³/mol. The van der Waals surface area contributed by atoms with E-state index in [4.69, 9.17) is 4.74 Å². The Morgan fingerprint density at radius 1 is 0.962 bits per heavy atom. The molecular formula is C23H23NO2. The molecule has 3 aromatic rings. The van der Waals surface area contributed by atoms with E-state index in [0.29, 0.717) is 0 Å². The highest BCUT2D eigenvalue weighted by Gasteiger charge is 2.20. The number of aryl methyl sites for hydroxylation is 1. The van der Waals surface area contributed by atoms with Crippen molar-refractivity contribution in [3.05, 3.63) is 71.8 Å². The average molecular weight is 345 g/mol. The highest BCUT2D eigenvalue weighted by Crippen LogP contribution is 2.30. The van der Waals surface area contributed by atoms with E-state index in [1.54, 1.807) is 0 Å². The maximum Gasteiger partial charge on any atom is 0.265 e. The van der Waals surface area contributed by atoms with Crippen molar-refractivity contribution in [2.45, 2.75) is 38.7 Å². The smallest absolute Gasteiger partial charge is 0.265 e. The lowest BCUT2D eigenvalue weighted by molar-refractivity contribution is -0.122. The fourth-order valence-electron chi connectivity index (χ4n) is 3.67. The molecule has 3 heteroatoms. The number of ether oxygens (including phenoxy) is 1. The number of amides is 1. The lowest BCUT2D eigenvalue weighted by Crippen LogP contribution is -2.30. The SMILES string of the molecule is C[C@H](Oc1cccc2c1CCCC2)C(=O)Nc1cccc2ccccc12. The normalized spacial score (nSPS) is 14.5. The van der Waals surface area contributed by atoms with Gasteiger partial charge >= 0.3 is 0 Å². The molecule has 3 nitrogen and oxygen atoms in total. The molecule has 0 aliphatic heterocycles. The van der Waals surface area contributed by atoms with Gasteiger partial charge in [-0.1, -0.05) is 48.5 Å². The summed E-state index contributed by atoms with van der Waals surface area (Å²) in [5.41, 5.74) is 3.44. The summed E-state index contributed by atoms with van der Waals surface area (Å²) in [6.07, 6.45) is 3.99. The highest BCUT2D eigenvalue weighted by atomic mass is 16.5. The Hall–Kier alpha value is -2.81. The first kappa shape index (κ1) is 16.6. The van der Waals surface area contributed by atoms with E-state index in [1.807, 2.05) is 61.5 Å². The van der Waals surface area contributed by atoms with Crippen molar-refractivity contribution < 1.29 is 9.53 Å². The maximum absolute atomic E-state index is 12.7. The Morgan fingerprint density at radius 2 is 1.73 bits per heavy atom. The molecule has 1 amide bonds. The van der Waals surface area contributed by atoms with Crippen molar-refractivity contribution in [1.82, 2.24) is 0 Å². The number of hydrogen-bond donors (Lipinski definition) is 1. The van der Waals surface area contributed by atoms with E-state index in [0.717, 1.165) is 35.1 Å². The summed E-state index contributed by atoms with van der Waals surface area (Å²) >= 11 is 0. The first-order valence-electron chi connectivity index (χ1n) is 9.28. The molecule has 0 bridgehead atoms. The maximum atomic E-state index is 12.7. The zero-order valence-corrected chi connectivity index (χ0v) is 15.0. The fraction of sp³-hybridized carbons (Fsp3) is 0.261. The molecule has 1 aliphatic rings. The van der Waals surface area contributed by atoms with E-state index in [-0.39, 0.29) is 5.91 Å². The molecule has 0 unspecified atom stereocenters. The second-order valence-corrected chi connectivity index (χ2v) is 6.88. The van der Waals surface area contributed by atoms with Gasteiger partial charge in [-0.25, -0.2) is 0 Å². The molecule has 4 rings (SSSR count). The van der Waals surface area contributed by atoms with Gasteiger partial charge in [0.05, 0.1) is 0 Å². The van der Waals surface area contributed by atoms with Gasteiger partial charge in [-0.3, -0.25) is 4.79 Å². The molecule has 1 atom stereocenters. The Kier molecular flexibility index (Phi) is 4.61. The number of anilines is 1. The van der Waals surface area contributed by atoms with Gasteiger partial charge in [-0.05, 0) is 61.3 Å². The molecule has 0 saturated carbocycles. The standard InChI is InChI=1S/C23H23NO2/c1-16(26-22-15-7-11-18-9-3-5-13-20(18)22)23(25)24-21-14-6-10-17-8-2-4-12-19(17)21/h2,4,6-8,10-12,14-16H,3,5,9,13H2,1H3,(H,24,25)/t16-/m0/s1. The molecule has 0 saturated heterocycles. The number of fused-ring (bicyclic) bond motifs is 2. The Morgan fingerprint density at radius 3 is 2.65 bits per heavy atom. The summed E-state index contributed by atoms with van der Waals surface area (Å²) in [5.74, 6) is 0.720. The van der Waals surface area contributed by atoms with Gasteiger partial charge in [0, 0.05) is 11.1 Å². The first-order chi connectivity index (χ1) is 12.7. The Labute approximate surface area is 154 Å². The van der Waals surface area contributed by atoms with Crippen molar-refractivity contribution in [3.8, 4) is 5.75 Å². The van der Waals surface area contributed by atoms with E-state index in [1.165, 1.54) is 24.0 Å². The minimum Gasteiger partial charge on any atom is -0.481 e. The van der Waals surface area contributed by atoms with Gasteiger partial charge < -0.3 is 10.1 Å². The lowest BCUT2D eigenvalue weighted by atomic mass is 9.91. The molecule has 1 aliphatic carbocycles. The molecule has 0 heterocycles. The molecule has 3 aromatic carbocycles. The van der Waals surface area contributed by atoms with Crippen LogP contribution in [0.2, 0.25) is 0 Å². The largest absolute Gasteiger partial charge is 0.481 e. The number of rotatable bonds is 4. The third kappa shape index (κ3) is 3.30. The topological polar surface area (TPSA) is 38.3 Å². The minimum atomic E-state index is -0.553. The zero-order chi connectivity index (χ0) is 17.9. The van der Waals surface area contributed by atoms with Gasteiger partial charge in [0.15, 0.2) is 6.10 Å². The van der Waals surface area contributed by atoms with Crippen molar-refractivity contribution in [1.29, 1.82) is 0 Å². The van der Waals surface area contributed by atoms with Crippen LogP contribution in [0.4, 0.5) is 5.69 Å². The zero-order valence-electron chi connectivity index (χ0n) is 15.0. The second-order valence-electron chi connectivity index (χ2n) is 6.88. The summed E-state index contributed by atoms with van der Waals surface area (Å²) in [4.78, 5) is 12.7. The number of nitrogens with one attached hydrogen (secondary N) is 1. The van der Waals surface area contributed by atoms with Crippen LogP contribution in [-0.2, 0) is 17.6 Å². The van der Waals surface area contributed by atoms with Gasteiger partial charge in [-0.15, -0.1) is 0 Å². The van der Waals surface area contributed by atoms with Crippen LogP contribution in [0.25, 0.3) is 10.8 Å². The minimum absolute atomic E-state index is 0.130. The van der Waals surface area contributed by atoms with E-state index in [9.17, 15) is 4.79 Å². The fourth-order valence-corrected chi connectivity index (χ4v) is 3.67. The Bertz CT molecular complexity index is 943. The predicted octanol–water partition coefficient (Wildman–Crippen LogP) is 5.12. The molecule has 26 heavy (non-hydrogen) atoms. The summed E-state index contributed by atoms with van der Waals surface area (Å²) in [6.45, 7) is 1.81. The van der Waals surface area contributed by atoms with Crippen LogP contribution in [0, 0.1) is 0 Å². The first-order valence-corrected chi connectivity index (χ1v) is 9.28. The summed E-state index contributed by atoms with van der Waals surface area (Å²) in [6, 6.07) is 20.1. The highest BCUT2D eigenvalue weighted by molar-refractivity contribution is 6.03. The van der Waals surface area contributed by atoms with Crippen LogP contribution in [0.15, 0.2) is 60.7 Å². The van der Waals surface area contributed by atoms with Crippen LogP contribution >= 0.6 is 0 Å². The second kappa shape index (κ2) is 7.20. The monoisotopic (exact) mass is 345 g/mol. The van der Waals surface area contributed by atoms with Crippen molar-refractivity contribution in [3.63, 3.8) is 0 Å². The van der Waals surface area contributed by atoms with Crippen molar-refractivity contribution in [2.75, 3.05) is 5.32 Å². The van der Waals surface area contributed by atoms with Crippen molar-refractivity contribution in [2.24, 2.45) is 0 Å². The summed E-state index contributed by atoms with van der Waals surface area (Å²) < 4.78 is 6.05. The van der Waals surface area contributed by atoms with Crippen LogP contribution in [0.5, 0.6) is 5.75 Å². The van der Waals surface area contributed by atoms with E-state index < -0.39 is 6.10 Å². The molecule has 0 aromatic heterocycles. The number of carbonyl (C=O) groups excluding carboxylic acids is 1. The lowest BCUT2D eigenvalue weighted by Gasteiger charge is -2.22. The Balaban J connectivity index is 1.52. The van der Waals surface area contributed by atoms with Gasteiger partial charge in [0.2, 0.25) is 0 Å². The van der Waals surface area contributed by atoms with Gasteiger partial charge in [-0.2, -0.15) is 0 Å². The third-order valence-corrected chi connectivity index (χ3v) is 5.07. The number of carbonyl (C=O) groups is 1. The van der Waals surface area contributed by atoms with Crippen LogP contribution in [0.3, 0.4) is 0 Å². The van der Waals surface area contributed by atoms with Gasteiger partial charge in [0.1, 0.15) is 5.75 Å².